The van der Waals surface area contributed by atoms with Crippen LogP contribution in [0.3, 0.4) is 0 Å². The van der Waals surface area contributed by atoms with Gasteiger partial charge in [0.1, 0.15) is 11.9 Å². The van der Waals surface area contributed by atoms with Gasteiger partial charge in [-0.25, -0.2) is 4.98 Å². The van der Waals surface area contributed by atoms with Gasteiger partial charge in [-0.1, -0.05) is 23.7 Å². The van der Waals surface area contributed by atoms with Crippen molar-refractivity contribution in [1.82, 2.24) is 14.9 Å². The van der Waals surface area contributed by atoms with Gasteiger partial charge in [-0.05, 0) is 69.4 Å². The summed E-state index contributed by atoms with van der Waals surface area (Å²) in [6.07, 6.45) is 0. The Morgan fingerprint density at radius 2 is 1.86 bits per heavy atom. The van der Waals surface area contributed by atoms with Gasteiger partial charge in [0.25, 0.3) is 5.91 Å². The van der Waals surface area contributed by atoms with E-state index in [0.29, 0.717) is 45.3 Å². The van der Waals surface area contributed by atoms with E-state index in [9.17, 15) is 10.1 Å². The second-order valence-corrected chi connectivity index (χ2v) is 9.77. The van der Waals surface area contributed by atoms with Crippen LogP contribution in [-0.4, -0.2) is 53.0 Å². The Morgan fingerprint density at radius 3 is 2.58 bits per heavy atom. The molecule has 1 aliphatic heterocycles. The number of nitriles is 1. The molecule has 2 N–H and O–H groups in total. The molecule has 0 spiro atoms. The number of likely N-dealkylation sites (N-methyl/N-ethyl adjacent to an activating group) is 1. The predicted octanol–water partition coefficient (Wildman–Crippen LogP) is 5.54. The van der Waals surface area contributed by atoms with Gasteiger partial charge < -0.3 is 15.2 Å². The van der Waals surface area contributed by atoms with Gasteiger partial charge in [0.05, 0.1) is 27.2 Å². The Labute approximate surface area is 215 Å². The number of amides is 1. The number of nitrogens with one attached hydrogen (secondary N) is 2. The van der Waals surface area contributed by atoms with Crippen LogP contribution in [0.5, 0.6) is 0 Å². The highest BCUT2D eigenvalue weighted by Gasteiger charge is 2.27. The summed E-state index contributed by atoms with van der Waals surface area (Å²) in [5.74, 6) is 0.270. The van der Waals surface area contributed by atoms with Crippen LogP contribution in [0.25, 0.3) is 22.4 Å². The number of halogens is 1. The van der Waals surface area contributed by atoms with Crippen molar-refractivity contribution in [3.63, 3.8) is 0 Å². The molecule has 36 heavy (non-hydrogen) atoms. The number of piperazine rings is 1. The lowest BCUT2D eigenvalue weighted by Crippen LogP contribution is -2.55. The number of aromatic nitrogens is 2. The van der Waals surface area contributed by atoms with E-state index in [1.54, 1.807) is 30.3 Å². The maximum absolute atomic E-state index is 13.2. The van der Waals surface area contributed by atoms with E-state index < -0.39 is 0 Å². The van der Waals surface area contributed by atoms with Crippen LogP contribution in [0.1, 0.15) is 29.8 Å². The minimum Gasteiger partial charge on any atom is -0.368 e. The monoisotopic (exact) mass is 498 g/mol. The third-order valence-corrected chi connectivity index (χ3v) is 7.29. The van der Waals surface area contributed by atoms with Gasteiger partial charge in [0.15, 0.2) is 0 Å². The second-order valence-electron chi connectivity index (χ2n) is 9.36. The lowest BCUT2D eigenvalue weighted by Gasteiger charge is -2.43. The van der Waals surface area contributed by atoms with Gasteiger partial charge in [0, 0.05) is 42.1 Å². The fraction of sp³-hybridized carbons (Fsp3) is 0.250. The molecule has 3 aromatic carbocycles. The minimum absolute atomic E-state index is 0.330. The Kier molecular flexibility index (Phi) is 6.40. The second kappa shape index (κ2) is 9.65. The lowest BCUT2D eigenvalue weighted by molar-refractivity contribution is 0.102. The summed E-state index contributed by atoms with van der Waals surface area (Å²) in [7, 11) is 2.14. The SMILES string of the molecule is C[C@@H]1CN(c2ccc(C(=O)Nc3ccc(Cl)c(-c4nc5ccccc5[nH]4)c3)c(C#N)c2)C[C@H](C)N1C. The third kappa shape index (κ3) is 4.53. The molecule has 0 bridgehead atoms. The number of anilines is 2. The number of benzene rings is 3. The van der Waals surface area contributed by atoms with Crippen molar-refractivity contribution in [2.75, 3.05) is 30.4 Å². The van der Waals surface area contributed by atoms with E-state index in [-0.39, 0.29) is 5.91 Å². The molecule has 182 valence electrons. The number of H-pyrrole nitrogens is 1. The number of aromatic amines is 1. The molecule has 1 fully saturated rings. The summed E-state index contributed by atoms with van der Waals surface area (Å²) < 4.78 is 0. The fourth-order valence-electron chi connectivity index (χ4n) is 4.70. The van der Waals surface area contributed by atoms with Gasteiger partial charge in [-0.2, -0.15) is 5.26 Å². The van der Waals surface area contributed by atoms with Crippen molar-refractivity contribution in [1.29, 1.82) is 5.26 Å². The van der Waals surface area contributed by atoms with Crippen molar-refractivity contribution in [3.8, 4) is 17.5 Å². The van der Waals surface area contributed by atoms with Crippen LogP contribution < -0.4 is 10.2 Å². The maximum atomic E-state index is 13.2. The van der Waals surface area contributed by atoms with Gasteiger partial charge >= 0.3 is 0 Å². The Morgan fingerprint density at radius 1 is 1.11 bits per heavy atom. The first-order chi connectivity index (χ1) is 17.3. The summed E-state index contributed by atoms with van der Waals surface area (Å²) >= 11 is 6.46. The molecule has 4 aromatic rings. The molecule has 1 aliphatic rings. The zero-order valence-electron chi connectivity index (χ0n) is 20.4. The highest BCUT2D eigenvalue weighted by molar-refractivity contribution is 6.33. The molecule has 2 atom stereocenters. The number of imidazole rings is 1. The number of nitrogens with zero attached hydrogens (tertiary/aromatic N) is 4. The number of rotatable bonds is 4. The van der Waals surface area contributed by atoms with Crippen molar-refractivity contribution < 1.29 is 4.79 Å². The van der Waals surface area contributed by atoms with Crippen LogP contribution in [0.4, 0.5) is 11.4 Å². The van der Waals surface area contributed by atoms with Crippen molar-refractivity contribution in [2.45, 2.75) is 25.9 Å². The molecule has 0 radical (unpaired) electrons. The number of para-hydroxylation sites is 2. The normalized spacial score (nSPS) is 18.2. The van der Waals surface area contributed by atoms with E-state index in [4.69, 9.17) is 11.6 Å². The fourth-order valence-corrected chi connectivity index (χ4v) is 4.91. The van der Waals surface area contributed by atoms with Crippen molar-refractivity contribution in [3.05, 3.63) is 76.8 Å². The molecule has 8 heteroatoms. The van der Waals surface area contributed by atoms with Crippen LogP contribution >= 0.6 is 11.6 Å². The highest BCUT2D eigenvalue weighted by atomic mass is 35.5. The lowest BCUT2D eigenvalue weighted by atomic mass is 10.0. The zero-order valence-corrected chi connectivity index (χ0v) is 21.2. The first kappa shape index (κ1) is 23.9. The average molecular weight is 499 g/mol. The van der Waals surface area contributed by atoms with E-state index in [1.165, 1.54) is 0 Å². The first-order valence-corrected chi connectivity index (χ1v) is 12.3. The van der Waals surface area contributed by atoms with E-state index in [2.05, 4.69) is 52.0 Å². The Balaban J connectivity index is 1.39. The molecule has 0 saturated carbocycles. The zero-order chi connectivity index (χ0) is 25.4. The molecule has 5 rings (SSSR count). The van der Waals surface area contributed by atoms with Gasteiger partial charge in [0.2, 0.25) is 0 Å². The molecule has 0 aliphatic carbocycles. The summed E-state index contributed by atoms with van der Waals surface area (Å²) in [6, 6.07) is 21.4. The highest BCUT2D eigenvalue weighted by Crippen LogP contribution is 2.31. The van der Waals surface area contributed by atoms with Gasteiger partial charge in [-0.3, -0.25) is 9.69 Å². The average Bonchev–Trinajstić information content (AvgIpc) is 3.31. The molecular formula is C28H27ClN6O. The molecule has 1 saturated heterocycles. The molecule has 1 amide bonds. The summed E-state index contributed by atoms with van der Waals surface area (Å²) in [5.41, 5.74) is 4.61. The summed E-state index contributed by atoms with van der Waals surface area (Å²) in [5, 5.41) is 13.2. The standard InChI is InChI=1S/C28H27ClN6O/c1-17-15-35(16-18(2)34(17)3)21-9-10-22(19(12-21)14-30)28(36)31-20-8-11-24(29)23(13-20)27-32-25-6-4-5-7-26(25)33-27/h4-13,17-18H,15-16H2,1-3H3,(H,31,36)(H,32,33)/t17-,18+. The largest absolute Gasteiger partial charge is 0.368 e. The molecule has 1 aromatic heterocycles. The van der Waals surface area contributed by atoms with Crippen LogP contribution in [0.15, 0.2) is 60.7 Å². The van der Waals surface area contributed by atoms with Crippen molar-refractivity contribution >= 4 is 39.9 Å². The molecular weight excluding hydrogens is 472 g/mol. The van der Waals surface area contributed by atoms with E-state index in [1.807, 2.05) is 30.3 Å². The van der Waals surface area contributed by atoms with E-state index >= 15 is 0 Å². The maximum Gasteiger partial charge on any atom is 0.257 e. The van der Waals surface area contributed by atoms with Crippen LogP contribution in [0, 0.1) is 11.3 Å². The predicted molar refractivity (Wildman–Crippen MR) is 145 cm³/mol. The first-order valence-electron chi connectivity index (χ1n) is 11.9. The Hall–Kier alpha value is -3.86. The molecule has 2 heterocycles. The quantitative estimate of drug-likeness (QED) is 0.386. The van der Waals surface area contributed by atoms with Crippen LogP contribution in [0.2, 0.25) is 5.02 Å². The topological polar surface area (TPSA) is 88.0 Å². The molecule has 0 unspecified atom stereocenters. The summed E-state index contributed by atoms with van der Waals surface area (Å²) in [6.45, 7) is 6.13. The smallest absolute Gasteiger partial charge is 0.257 e. The van der Waals surface area contributed by atoms with E-state index in [0.717, 1.165) is 29.8 Å². The van der Waals surface area contributed by atoms with Gasteiger partial charge in [-0.15, -0.1) is 0 Å². The number of carbonyl (C=O) groups is 1. The third-order valence-electron chi connectivity index (χ3n) is 6.96. The number of hydrogen-bond acceptors (Lipinski definition) is 5. The minimum atomic E-state index is -0.351. The van der Waals surface area contributed by atoms with Crippen molar-refractivity contribution in [2.24, 2.45) is 0 Å². The molecule has 7 nitrogen and oxygen atoms in total. The Bertz CT molecular complexity index is 1440. The summed E-state index contributed by atoms with van der Waals surface area (Å²) in [4.78, 5) is 25.7. The number of hydrogen-bond donors (Lipinski definition) is 2. The number of fused-ring (bicyclic) bond motifs is 1. The van der Waals surface area contributed by atoms with Crippen LogP contribution in [-0.2, 0) is 0 Å². The number of carbonyl (C=O) groups excluding carboxylic acids is 1.